The number of hydrogen-bond acceptors (Lipinski definition) is 7. The predicted molar refractivity (Wildman–Crippen MR) is 142 cm³/mol. The maximum atomic E-state index is 13.3. The van der Waals surface area contributed by atoms with Gasteiger partial charge in [0.25, 0.3) is 5.78 Å². The molecule has 39 heavy (non-hydrogen) atoms. The van der Waals surface area contributed by atoms with Crippen LogP contribution < -0.4 is 4.90 Å². The van der Waals surface area contributed by atoms with Crippen molar-refractivity contribution in [2.75, 3.05) is 18.0 Å². The van der Waals surface area contributed by atoms with Crippen LogP contribution in [-0.4, -0.2) is 54.6 Å². The summed E-state index contributed by atoms with van der Waals surface area (Å²) in [6, 6.07) is 9.94. The molecule has 1 saturated heterocycles. The first-order chi connectivity index (χ1) is 18.7. The minimum atomic E-state index is -4.36. The van der Waals surface area contributed by atoms with Gasteiger partial charge in [-0.3, -0.25) is 9.30 Å². The molecule has 4 heterocycles. The average Bonchev–Trinajstić information content (AvgIpc) is 3.41. The predicted octanol–water partition coefficient (Wildman–Crippen LogP) is 5.70. The van der Waals surface area contributed by atoms with E-state index in [-0.39, 0.29) is 18.1 Å². The molecule has 0 N–H and O–H groups in total. The normalized spacial score (nSPS) is 19.5. The number of nitriles is 1. The molecule has 3 atom stereocenters. The van der Waals surface area contributed by atoms with Crippen LogP contribution in [0.5, 0.6) is 0 Å². The second kappa shape index (κ2) is 10.4. The van der Waals surface area contributed by atoms with E-state index in [0.717, 1.165) is 30.3 Å². The van der Waals surface area contributed by atoms with Crippen LogP contribution in [0.4, 0.5) is 19.0 Å². The molecule has 0 saturated carbocycles. The Morgan fingerprint density at radius 2 is 1.82 bits per heavy atom. The molecule has 8 nitrogen and oxygen atoms in total. The van der Waals surface area contributed by atoms with E-state index in [2.05, 4.69) is 51.8 Å². The minimum absolute atomic E-state index is 0.0135. The molecule has 0 spiro atoms. The Balaban J connectivity index is 1.55. The molecular weight excluding hydrogens is 505 g/mol. The molecule has 204 valence electrons. The van der Waals surface area contributed by atoms with Crippen molar-refractivity contribution < 1.29 is 13.2 Å². The van der Waals surface area contributed by atoms with Crippen LogP contribution in [0.3, 0.4) is 0 Å². The van der Waals surface area contributed by atoms with Crippen molar-refractivity contribution >= 4 is 22.6 Å². The van der Waals surface area contributed by atoms with Gasteiger partial charge in [-0.1, -0.05) is 26.8 Å². The van der Waals surface area contributed by atoms with E-state index >= 15 is 0 Å². The van der Waals surface area contributed by atoms with Gasteiger partial charge in [-0.05, 0) is 61.6 Å². The summed E-state index contributed by atoms with van der Waals surface area (Å²) in [6.45, 7) is 9.49. The number of benzene rings is 1. The van der Waals surface area contributed by atoms with Crippen LogP contribution in [0.1, 0.15) is 68.5 Å². The van der Waals surface area contributed by atoms with Crippen LogP contribution in [0.25, 0.3) is 16.8 Å². The average molecular weight is 537 g/mol. The Labute approximate surface area is 225 Å². The smallest absolute Gasteiger partial charge is 0.349 e. The number of nitrogens with zero attached hydrogens (tertiary/aromatic N) is 8. The van der Waals surface area contributed by atoms with E-state index in [1.807, 2.05) is 6.07 Å². The van der Waals surface area contributed by atoms with E-state index in [9.17, 15) is 18.4 Å². The number of alkyl halides is 3. The largest absolute Gasteiger partial charge is 0.416 e. The lowest BCUT2D eigenvalue weighted by Crippen LogP contribution is -2.59. The van der Waals surface area contributed by atoms with Gasteiger partial charge in [0, 0.05) is 31.2 Å². The van der Waals surface area contributed by atoms with Crippen molar-refractivity contribution in [3.8, 4) is 6.07 Å². The quantitative estimate of drug-likeness (QED) is 0.312. The van der Waals surface area contributed by atoms with Crippen molar-refractivity contribution in [1.82, 2.24) is 29.5 Å². The molecule has 0 radical (unpaired) electrons. The first-order valence-electron chi connectivity index (χ1n) is 13.3. The highest BCUT2D eigenvalue weighted by Crippen LogP contribution is 2.38. The molecule has 1 aliphatic heterocycles. The second-order valence-electron chi connectivity index (χ2n) is 10.1. The monoisotopic (exact) mass is 536 g/mol. The summed E-state index contributed by atoms with van der Waals surface area (Å²) in [6.07, 6.45) is -0.320. The van der Waals surface area contributed by atoms with Gasteiger partial charge in [0.05, 0.1) is 11.1 Å². The van der Waals surface area contributed by atoms with Crippen LogP contribution >= 0.6 is 0 Å². The van der Waals surface area contributed by atoms with Crippen molar-refractivity contribution in [2.45, 2.75) is 71.3 Å². The summed E-state index contributed by atoms with van der Waals surface area (Å²) in [7, 11) is 0. The molecule has 0 amide bonds. The highest BCUT2D eigenvalue weighted by atomic mass is 19.4. The molecule has 3 aromatic heterocycles. The SMILES string of the molecule is CCC(c1ccc(C(F)(F)F)cc1C)N1C[C@H](CC)N(c2nc3nncn3c3ccc(C#N)nc23)C[C@H]1CC. The molecule has 11 heteroatoms. The first-order valence-corrected chi connectivity index (χ1v) is 13.3. The zero-order chi connectivity index (χ0) is 27.9. The van der Waals surface area contributed by atoms with E-state index in [0.29, 0.717) is 41.5 Å². The van der Waals surface area contributed by atoms with Crippen LogP contribution in [-0.2, 0) is 6.18 Å². The lowest BCUT2D eigenvalue weighted by Gasteiger charge is -2.50. The van der Waals surface area contributed by atoms with Crippen molar-refractivity contribution in [1.29, 1.82) is 5.26 Å². The van der Waals surface area contributed by atoms with Gasteiger partial charge in [-0.15, -0.1) is 10.2 Å². The third-order valence-electron chi connectivity index (χ3n) is 7.89. The zero-order valence-electron chi connectivity index (χ0n) is 22.4. The van der Waals surface area contributed by atoms with Crippen LogP contribution in [0.15, 0.2) is 36.7 Å². The molecule has 5 rings (SSSR count). The standard InChI is InChI=1S/C28H31F3N8/c1-5-20-15-38(26-25-24(11-9-19(13-32)34-25)39-16-33-36-27(39)35-26)21(6-2)14-37(20)23(7-3)22-10-8-18(12-17(22)4)28(29,30)31/h8-12,16,20-21,23H,5-7,14-15H2,1-4H3/t20-,21+,23?/m1/s1. The summed E-state index contributed by atoms with van der Waals surface area (Å²) >= 11 is 0. The number of fused-ring (bicyclic) bond motifs is 3. The molecule has 1 fully saturated rings. The fraction of sp³-hybridized carbons (Fsp3) is 0.464. The van der Waals surface area contributed by atoms with Crippen LogP contribution in [0, 0.1) is 18.3 Å². The molecule has 1 aliphatic rings. The van der Waals surface area contributed by atoms with Gasteiger partial charge >= 0.3 is 6.18 Å². The summed E-state index contributed by atoms with van der Waals surface area (Å²) in [5.74, 6) is 1.13. The number of halogens is 3. The Bertz CT molecular complexity index is 1540. The highest BCUT2D eigenvalue weighted by molar-refractivity contribution is 5.88. The van der Waals surface area contributed by atoms with E-state index < -0.39 is 11.7 Å². The van der Waals surface area contributed by atoms with Gasteiger partial charge in [0.2, 0.25) is 0 Å². The van der Waals surface area contributed by atoms with Gasteiger partial charge in [0.15, 0.2) is 5.82 Å². The molecule has 1 aromatic carbocycles. The highest BCUT2D eigenvalue weighted by Gasteiger charge is 2.38. The van der Waals surface area contributed by atoms with Crippen molar-refractivity contribution in [3.63, 3.8) is 0 Å². The molecule has 0 bridgehead atoms. The maximum Gasteiger partial charge on any atom is 0.416 e. The molecule has 0 aliphatic carbocycles. The number of rotatable bonds is 6. The summed E-state index contributed by atoms with van der Waals surface area (Å²) in [5.41, 5.74) is 2.67. The lowest BCUT2D eigenvalue weighted by atomic mass is 9.91. The number of aromatic nitrogens is 5. The molecule has 4 aromatic rings. The summed E-state index contributed by atoms with van der Waals surface area (Å²) in [4.78, 5) is 14.2. The van der Waals surface area contributed by atoms with Gasteiger partial charge in [-0.25, -0.2) is 4.98 Å². The molecular formula is C28H31F3N8. The van der Waals surface area contributed by atoms with Gasteiger partial charge in [0.1, 0.15) is 23.6 Å². The zero-order valence-corrected chi connectivity index (χ0v) is 22.4. The topological polar surface area (TPSA) is 86.2 Å². The Hall–Kier alpha value is -3.78. The van der Waals surface area contributed by atoms with E-state index in [1.165, 1.54) is 12.1 Å². The van der Waals surface area contributed by atoms with E-state index in [1.54, 1.807) is 29.8 Å². The fourth-order valence-electron chi connectivity index (χ4n) is 5.88. The number of piperazine rings is 1. The Kier molecular flexibility index (Phi) is 7.16. The maximum absolute atomic E-state index is 13.3. The van der Waals surface area contributed by atoms with Crippen molar-refractivity contribution in [2.24, 2.45) is 0 Å². The Morgan fingerprint density at radius 1 is 1.05 bits per heavy atom. The summed E-state index contributed by atoms with van der Waals surface area (Å²) < 4.78 is 41.8. The fourth-order valence-corrected chi connectivity index (χ4v) is 5.88. The van der Waals surface area contributed by atoms with E-state index in [4.69, 9.17) is 4.98 Å². The first kappa shape index (κ1) is 26.8. The van der Waals surface area contributed by atoms with Crippen LogP contribution in [0.2, 0.25) is 0 Å². The van der Waals surface area contributed by atoms with Gasteiger partial charge in [-0.2, -0.15) is 23.4 Å². The van der Waals surface area contributed by atoms with Gasteiger partial charge < -0.3 is 4.90 Å². The lowest BCUT2D eigenvalue weighted by molar-refractivity contribution is -0.137. The number of hydrogen-bond donors (Lipinski definition) is 0. The minimum Gasteiger partial charge on any atom is -0.349 e. The number of aryl methyl sites for hydroxylation is 1. The second-order valence-corrected chi connectivity index (χ2v) is 10.1. The summed E-state index contributed by atoms with van der Waals surface area (Å²) in [5, 5.41) is 17.7. The van der Waals surface area contributed by atoms with Crippen molar-refractivity contribution in [3.05, 3.63) is 59.0 Å². The number of anilines is 1. The number of pyridine rings is 1. The third-order valence-corrected chi connectivity index (χ3v) is 7.89. The Morgan fingerprint density at radius 3 is 2.46 bits per heavy atom. The third kappa shape index (κ3) is 4.78. The molecule has 1 unspecified atom stereocenters.